The van der Waals surface area contributed by atoms with E-state index >= 15 is 0 Å². The molecule has 0 saturated heterocycles. The molecule has 106 valence electrons. The van der Waals surface area contributed by atoms with Gasteiger partial charge in [-0.05, 0) is 25.5 Å². The molecule has 0 saturated carbocycles. The van der Waals surface area contributed by atoms with Crippen molar-refractivity contribution in [3.05, 3.63) is 47.0 Å². The van der Waals surface area contributed by atoms with Gasteiger partial charge in [-0.3, -0.25) is 4.79 Å². The quantitative estimate of drug-likeness (QED) is 0.938. The summed E-state index contributed by atoms with van der Waals surface area (Å²) in [5, 5.41) is 11.2. The average molecular weight is 293 g/mol. The molecule has 0 radical (unpaired) electrons. The third-order valence-corrected chi connectivity index (χ3v) is 3.66. The molecule has 2 aromatic rings. The van der Waals surface area contributed by atoms with E-state index in [9.17, 15) is 4.79 Å². The van der Waals surface area contributed by atoms with Crippen molar-refractivity contribution in [3.63, 3.8) is 0 Å². The minimum absolute atomic E-state index is 0.103. The highest BCUT2D eigenvalue weighted by Crippen LogP contribution is 2.29. The molecule has 0 aliphatic rings. The molecule has 0 unspecified atom stereocenters. The van der Waals surface area contributed by atoms with Gasteiger partial charge in [0.15, 0.2) is 5.82 Å². The first-order valence-electron chi connectivity index (χ1n) is 6.29. The molecule has 5 nitrogen and oxygen atoms in total. The number of aryl methyl sites for hydroxylation is 1. The molecule has 6 heteroatoms. The number of rotatable bonds is 4. The Hall–Kier alpha value is -1.88. The lowest BCUT2D eigenvalue weighted by Crippen LogP contribution is -2.40. The lowest BCUT2D eigenvalue weighted by molar-refractivity contribution is -0.125. The summed E-state index contributed by atoms with van der Waals surface area (Å²) < 4.78 is 1.77. The topological polar surface area (TPSA) is 59.8 Å². The van der Waals surface area contributed by atoms with Gasteiger partial charge in [-0.2, -0.15) is 0 Å². The molecule has 1 aromatic carbocycles. The molecule has 1 amide bonds. The highest BCUT2D eigenvalue weighted by atomic mass is 35.5. The van der Waals surface area contributed by atoms with Gasteiger partial charge in [-0.15, -0.1) is 10.2 Å². The van der Waals surface area contributed by atoms with Crippen molar-refractivity contribution >= 4 is 17.5 Å². The van der Waals surface area contributed by atoms with E-state index < -0.39 is 5.41 Å². The fourth-order valence-corrected chi connectivity index (χ4v) is 2.31. The van der Waals surface area contributed by atoms with E-state index in [0.29, 0.717) is 17.4 Å². The predicted octanol–water partition coefficient (Wildman–Crippen LogP) is 2.06. The highest BCUT2D eigenvalue weighted by molar-refractivity contribution is 6.31. The van der Waals surface area contributed by atoms with Crippen molar-refractivity contribution in [2.24, 2.45) is 7.05 Å². The molecule has 0 spiro atoms. The summed E-state index contributed by atoms with van der Waals surface area (Å²) >= 11 is 6.17. The van der Waals surface area contributed by atoms with Crippen LogP contribution in [-0.4, -0.2) is 20.7 Å². The predicted molar refractivity (Wildman–Crippen MR) is 77.3 cm³/mol. The van der Waals surface area contributed by atoms with Gasteiger partial charge in [-0.1, -0.05) is 29.8 Å². The molecule has 0 fully saturated rings. The summed E-state index contributed by atoms with van der Waals surface area (Å²) in [5.41, 5.74) is 0.0915. The van der Waals surface area contributed by atoms with E-state index in [1.54, 1.807) is 17.0 Å². The van der Waals surface area contributed by atoms with Crippen LogP contribution >= 0.6 is 11.6 Å². The summed E-state index contributed by atoms with van der Waals surface area (Å²) in [6.07, 6.45) is 1.60. The van der Waals surface area contributed by atoms with E-state index in [1.807, 2.05) is 39.1 Å². The third kappa shape index (κ3) is 2.82. The van der Waals surface area contributed by atoms with Gasteiger partial charge in [0.2, 0.25) is 5.91 Å². The molecule has 0 bridgehead atoms. The summed E-state index contributed by atoms with van der Waals surface area (Å²) in [6.45, 7) is 4.03. The average Bonchev–Trinajstić information content (AvgIpc) is 2.81. The molecule has 1 heterocycles. The minimum atomic E-state index is -0.711. The van der Waals surface area contributed by atoms with Crippen molar-refractivity contribution in [3.8, 4) is 0 Å². The Morgan fingerprint density at radius 2 is 2.10 bits per heavy atom. The Bertz CT molecular complexity index is 621. The summed E-state index contributed by atoms with van der Waals surface area (Å²) in [6, 6.07) is 7.37. The van der Waals surface area contributed by atoms with Crippen LogP contribution in [0.25, 0.3) is 0 Å². The number of nitrogens with zero attached hydrogens (tertiary/aromatic N) is 3. The van der Waals surface area contributed by atoms with Gasteiger partial charge in [0.05, 0.1) is 12.0 Å². The van der Waals surface area contributed by atoms with Crippen LogP contribution in [0.2, 0.25) is 5.02 Å². The molecule has 0 aliphatic heterocycles. The SMILES string of the molecule is Cn1cnnc1CNC(=O)C(C)(C)c1ccccc1Cl. The van der Waals surface area contributed by atoms with E-state index in [0.717, 1.165) is 5.56 Å². The Balaban J connectivity index is 2.12. The molecule has 2 rings (SSSR count). The Labute approximate surface area is 123 Å². The highest BCUT2D eigenvalue weighted by Gasteiger charge is 2.31. The van der Waals surface area contributed by atoms with Crippen molar-refractivity contribution in [1.29, 1.82) is 0 Å². The number of carbonyl (C=O) groups is 1. The fourth-order valence-electron chi connectivity index (χ4n) is 1.94. The minimum Gasteiger partial charge on any atom is -0.348 e. The zero-order valence-corrected chi connectivity index (χ0v) is 12.5. The lowest BCUT2D eigenvalue weighted by atomic mass is 9.83. The van der Waals surface area contributed by atoms with Crippen LogP contribution in [0, 0.1) is 0 Å². The number of nitrogens with one attached hydrogen (secondary N) is 1. The van der Waals surface area contributed by atoms with Gasteiger partial charge in [0.25, 0.3) is 0 Å². The maximum atomic E-state index is 12.4. The van der Waals surface area contributed by atoms with Crippen LogP contribution in [0.1, 0.15) is 25.2 Å². The number of carbonyl (C=O) groups excluding carboxylic acids is 1. The monoisotopic (exact) mass is 292 g/mol. The molecule has 20 heavy (non-hydrogen) atoms. The van der Waals surface area contributed by atoms with E-state index in [4.69, 9.17) is 11.6 Å². The molecule has 1 N–H and O–H groups in total. The second-order valence-electron chi connectivity index (χ2n) is 5.15. The first-order valence-corrected chi connectivity index (χ1v) is 6.67. The van der Waals surface area contributed by atoms with Crippen LogP contribution < -0.4 is 5.32 Å². The van der Waals surface area contributed by atoms with Crippen LogP contribution in [0.3, 0.4) is 0 Å². The second-order valence-corrected chi connectivity index (χ2v) is 5.55. The van der Waals surface area contributed by atoms with Crippen LogP contribution in [-0.2, 0) is 23.8 Å². The number of benzene rings is 1. The molecular weight excluding hydrogens is 276 g/mol. The second kappa shape index (κ2) is 5.63. The zero-order valence-electron chi connectivity index (χ0n) is 11.7. The third-order valence-electron chi connectivity index (χ3n) is 3.33. The molecule has 1 aromatic heterocycles. The maximum absolute atomic E-state index is 12.4. The van der Waals surface area contributed by atoms with Gasteiger partial charge in [0.1, 0.15) is 6.33 Å². The van der Waals surface area contributed by atoms with Crippen molar-refractivity contribution in [2.75, 3.05) is 0 Å². The molecular formula is C14H17ClN4O. The van der Waals surface area contributed by atoms with Crippen LogP contribution in [0.15, 0.2) is 30.6 Å². The van der Waals surface area contributed by atoms with Crippen LogP contribution in [0.4, 0.5) is 0 Å². The van der Waals surface area contributed by atoms with Crippen molar-refractivity contribution in [2.45, 2.75) is 25.8 Å². The number of hydrogen-bond acceptors (Lipinski definition) is 3. The number of aromatic nitrogens is 3. The fraction of sp³-hybridized carbons (Fsp3) is 0.357. The summed E-state index contributed by atoms with van der Waals surface area (Å²) in [4.78, 5) is 12.4. The van der Waals surface area contributed by atoms with E-state index in [1.165, 1.54) is 0 Å². The van der Waals surface area contributed by atoms with Gasteiger partial charge >= 0.3 is 0 Å². The number of amides is 1. The maximum Gasteiger partial charge on any atom is 0.230 e. The van der Waals surface area contributed by atoms with Crippen molar-refractivity contribution in [1.82, 2.24) is 20.1 Å². The molecule has 0 aliphatic carbocycles. The normalized spacial score (nSPS) is 11.4. The number of halogens is 1. The van der Waals surface area contributed by atoms with Gasteiger partial charge < -0.3 is 9.88 Å². The van der Waals surface area contributed by atoms with Crippen LogP contribution in [0.5, 0.6) is 0 Å². The first kappa shape index (κ1) is 14.5. The zero-order chi connectivity index (χ0) is 14.8. The first-order chi connectivity index (χ1) is 9.43. The number of hydrogen-bond donors (Lipinski definition) is 1. The van der Waals surface area contributed by atoms with Gasteiger partial charge in [-0.25, -0.2) is 0 Å². The Kier molecular flexibility index (Phi) is 4.09. The largest absolute Gasteiger partial charge is 0.348 e. The molecule has 0 atom stereocenters. The van der Waals surface area contributed by atoms with Crippen molar-refractivity contribution < 1.29 is 4.79 Å². The standard InChI is InChI=1S/C14H17ClN4O/c1-14(2,10-6-4-5-7-11(10)15)13(20)16-8-12-18-17-9-19(12)3/h4-7,9H,8H2,1-3H3,(H,16,20). The lowest BCUT2D eigenvalue weighted by Gasteiger charge is -2.25. The van der Waals surface area contributed by atoms with Gasteiger partial charge in [0, 0.05) is 12.1 Å². The summed E-state index contributed by atoms with van der Waals surface area (Å²) in [7, 11) is 1.83. The van der Waals surface area contributed by atoms with E-state index in [-0.39, 0.29) is 5.91 Å². The Morgan fingerprint density at radius 1 is 1.40 bits per heavy atom. The smallest absolute Gasteiger partial charge is 0.230 e. The Morgan fingerprint density at radius 3 is 2.70 bits per heavy atom. The van der Waals surface area contributed by atoms with E-state index in [2.05, 4.69) is 15.5 Å². The summed E-state index contributed by atoms with van der Waals surface area (Å²) in [5.74, 6) is 0.599.